The van der Waals surface area contributed by atoms with Crippen LogP contribution in [0.15, 0.2) is 18.2 Å². The molecule has 104 valence electrons. The van der Waals surface area contributed by atoms with Crippen molar-refractivity contribution < 1.29 is 4.74 Å². The first kappa shape index (κ1) is 12.9. The lowest BCUT2D eigenvalue weighted by Gasteiger charge is -2.45. The molecule has 2 heterocycles. The first-order valence-electron chi connectivity index (χ1n) is 7.42. The molecule has 2 aliphatic heterocycles. The average molecular weight is 260 g/mol. The molecule has 0 saturated carbocycles. The molecule has 2 aliphatic rings. The predicted molar refractivity (Wildman–Crippen MR) is 77.6 cm³/mol. The van der Waals surface area contributed by atoms with Crippen LogP contribution in [0.2, 0.25) is 0 Å². The van der Waals surface area contributed by atoms with Gasteiger partial charge in [0.25, 0.3) is 0 Å². The van der Waals surface area contributed by atoms with Crippen molar-refractivity contribution in [2.24, 2.45) is 5.73 Å². The number of hydrogen-bond donors (Lipinski definition) is 1. The minimum atomic E-state index is 0.0875. The van der Waals surface area contributed by atoms with E-state index >= 15 is 0 Å². The van der Waals surface area contributed by atoms with Gasteiger partial charge < -0.3 is 15.4 Å². The van der Waals surface area contributed by atoms with E-state index in [-0.39, 0.29) is 5.60 Å². The van der Waals surface area contributed by atoms with E-state index in [1.807, 2.05) is 0 Å². The summed E-state index contributed by atoms with van der Waals surface area (Å²) in [5.41, 5.74) is 8.39. The number of piperidine rings is 1. The van der Waals surface area contributed by atoms with Gasteiger partial charge in [0.1, 0.15) is 11.4 Å². The van der Waals surface area contributed by atoms with Crippen molar-refractivity contribution in [3.05, 3.63) is 29.3 Å². The van der Waals surface area contributed by atoms with Gasteiger partial charge >= 0.3 is 0 Å². The van der Waals surface area contributed by atoms with Gasteiger partial charge in [-0.2, -0.15) is 0 Å². The molecule has 19 heavy (non-hydrogen) atoms. The lowest BCUT2D eigenvalue weighted by atomic mass is 9.82. The highest BCUT2D eigenvalue weighted by molar-refractivity contribution is 5.43. The van der Waals surface area contributed by atoms with Crippen molar-refractivity contribution in [1.82, 2.24) is 4.90 Å². The van der Waals surface area contributed by atoms with Gasteiger partial charge in [-0.05, 0) is 43.7 Å². The lowest BCUT2D eigenvalue weighted by molar-refractivity contribution is -0.0142. The average Bonchev–Trinajstić information content (AvgIpc) is 2.43. The number of likely N-dealkylation sites (tertiary alicyclic amines) is 1. The molecule has 3 nitrogen and oxygen atoms in total. The molecule has 1 aromatic rings. The smallest absolute Gasteiger partial charge is 0.126 e. The number of aryl methyl sites for hydroxylation is 2. The van der Waals surface area contributed by atoms with Gasteiger partial charge in [-0.3, -0.25) is 0 Å². The molecule has 2 N–H and O–H groups in total. The van der Waals surface area contributed by atoms with Crippen LogP contribution in [0.3, 0.4) is 0 Å². The molecule has 1 aromatic carbocycles. The number of hydrogen-bond acceptors (Lipinski definition) is 3. The van der Waals surface area contributed by atoms with Crippen molar-refractivity contribution in [3.8, 4) is 5.75 Å². The quantitative estimate of drug-likeness (QED) is 0.885. The second-order valence-electron chi connectivity index (χ2n) is 5.98. The molecule has 0 amide bonds. The van der Waals surface area contributed by atoms with E-state index in [1.165, 1.54) is 17.5 Å². The molecule has 3 rings (SSSR count). The van der Waals surface area contributed by atoms with E-state index < -0.39 is 0 Å². The van der Waals surface area contributed by atoms with Crippen LogP contribution in [0.1, 0.15) is 30.4 Å². The van der Waals surface area contributed by atoms with Crippen LogP contribution in [0.4, 0.5) is 0 Å². The Morgan fingerprint density at radius 1 is 1.26 bits per heavy atom. The van der Waals surface area contributed by atoms with E-state index in [9.17, 15) is 0 Å². The maximum Gasteiger partial charge on any atom is 0.126 e. The van der Waals surface area contributed by atoms with Crippen molar-refractivity contribution >= 4 is 0 Å². The molecule has 3 heteroatoms. The number of benzene rings is 1. The van der Waals surface area contributed by atoms with Gasteiger partial charge in [0, 0.05) is 26.2 Å². The number of para-hydroxylation sites is 1. The highest BCUT2D eigenvalue weighted by Gasteiger charge is 2.39. The molecule has 0 aliphatic carbocycles. The summed E-state index contributed by atoms with van der Waals surface area (Å²) in [6, 6.07) is 6.50. The molecular formula is C16H24N2O. The monoisotopic (exact) mass is 260 g/mol. The second-order valence-corrected chi connectivity index (χ2v) is 5.98. The molecule has 0 radical (unpaired) electrons. The SMILES string of the molecule is Cc1cccc2c1OC1(CC2)CCN(CCN)CC1. The Morgan fingerprint density at radius 3 is 2.79 bits per heavy atom. The zero-order valence-corrected chi connectivity index (χ0v) is 11.8. The van der Waals surface area contributed by atoms with E-state index in [0.717, 1.165) is 51.2 Å². The molecule has 0 atom stereocenters. The van der Waals surface area contributed by atoms with Crippen molar-refractivity contribution in [1.29, 1.82) is 0 Å². The van der Waals surface area contributed by atoms with Crippen LogP contribution in [-0.2, 0) is 6.42 Å². The van der Waals surface area contributed by atoms with Crippen molar-refractivity contribution in [3.63, 3.8) is 0 Å². The fraction of sp³-hybridized carbons (Fsp3) is 0.625. The van der Waals surface area contributed by atoms with Crippen LogP contribution in [-0.4, -0.2) is 36.7 Å². The maximum absolute atomic E-state index is 6.46. The Bertz CT molecular complexity index is 450. The van der Waals surface area contributed by atoms with Crippen LogP contribution in [0.25, 0.3) is 0 Å². The molecule has 1 spiro atoms. The summed E-state index contributed by atoms with van der Waals surface area (Å²) in [6.07, 6.45) is 4.61. The fourth-order valence-electron chi connectivity index (χ4n) is 3.40. The standard InChI is InChI=1S/C16H24N2O/c1-13-3-2-4-14-5-6-16(19-15(13)14)7-10-18(11-8-16)12-9-17/h2-4H,5-12,17H2,1H3. The molecule has 0 bridgehead atoms. The molecule has 0 aromatic heterocycles. The fourth-order valence-corrected chi connectivity index (χ4v) is 3.40. The largest absolute Gasteiger partial charge is 0.487 e. The number of rotatable bonds is 2. The third-order valence-electron chi connectivity index (χ3n) is 4.67. The third-order valence-corrected chi connectivity index (χ3v) is 4.67. The van der Waals surface area contributed by atoms with Crippen LogP contribution < -0.4 is 10.5 Å². The van der Waals surface area contributed by atoms with E-state index in [2.05, 4.69) is 30.0 Å². The normalized spacial score (nSPS) is 22.0. The lowest BCUT2D eigenvalue weighted by Crippen LogP contribution is -2.50. The van der Waals surface area contributed by atoms with Crippen LogP contribution in [0.5, 0.6) is 5.75 Å². The Kier molecular flexibility index (Phi) is 3.50. The zero-order chi connectivity index (χ0) is 13.3. The van der Waals surface area contributed by atoms with Crippen LogP contribution in [0, 0.1) is 6.92 Å². The summed E-state index contributed by atoms with van der Waals surface area (Å²) >= 11 is 0. The summed E-state index contributed by atoms with van der Waals surface area (Å²) in [6.45, 7) is 6.18. The molecule has 0 unspecified atom stereocenters. The minimum absolute atomic E-state index is 0.0875. The molecule has 1 saturated heterocycles. The summed E-state index contributed by atoms with van der Waals surface area (Å²) in [5.74, 6) is 1.15. The summed E-state index contributed by atoms with van der Waals surface area (Å²) in [7, 11) is 0. The van der Waals surface area contributed by atoms with Crippen molar-refractivity contribution in [2.75, 3.05) is 26.2 Å². The van der Waals surface area contributed by atoms with Gasteiger partial charge in [-0.25, -0.2) is 0 Å². The van der Waals surface area contributed by atoms with E-state index in [4.69, 9.17) is 10.5 Å². The van der Waals surface area contributed by atoms with Crippen LogP contribution >= 0.6 is 0 Å². The molecule has 1 fully saturated rings. The number of nitrogens with two attached hydrogens (primary N) is 1. The number of fused-ring (bicyclic) bond motifs is 1. The zero-order valence-electron chi connectivity index (χ0n) is 11.8. The van der Waals surface area contributed by atoms with Gasteiger partial charge in [0.15, 0.2) is 0 Å². The van der Waals surface area contributed by atoms with E-state index in [0.29, 0.717) is 0 Å². The first-order chi connectivity index (χ1) is 9.22. The number of nitrogens with zero attached hydrogens (tertiary/aromatic N) is 1. The topological polar surface area (TPSA) is 38.5 Å². The Labute approximate surface area is 115 Å². The maximum atomic E-state index is 6.46. The summed E-state index contributed by atoms with van der Waals surface area (Å²) in [5, 5.41) is 0. The van der Waals surface area contributed by atoms with E-state index in [1.54, 1.807) is 0 Å². The highest BCUT2D eigenvalue weighted by Crippen LogP contribution is 2.40. The van der Waals surface area contributed by atoms with Gasteiger partial charge in [0.2, 0.25) is 0 Å². The summed E-state index contributed by atoms with van der Waals surface area (Å²) in [4.78, 5) is 2.46. The Balaban J connectivity index is 1.73. The predicted octanol–water partition coefficient (Wildman–Crippen LogP) is 2.11. The Morgan fingerprint density at radius 2 is 2.05 bits per heavy atom. The minimum Gasteiger partial charge on any atom is -0.487 e. The van der Waals surface area contributed by atoms with Gasteiger partial charge in [-0.15, -0.1) is 0 Å². The third kappa shape index (κ3) is 2.49. The highest BCUT2D eigenvalue weighted by atomic mass is 16.5. The Hall–Kier alpha value is -1.06. The first-order valence-corrected chi connectivity index (χ1v) is 7.42. The summed E-state index contributed by atoms with van der Waals surface area (Å²) < 4.78 is 6.46. The van der Waals surface area contributed by atoms with Gasteiger partial charge in [0.05, 0.1) is 0 Å². The van der Waals surface area contributed by atoms with Gasteiger partial charge in [-0.1, -0.05) is 18.2 Å². The second kappa shape index (κ2) is 5.14. The molecular weight excluding hydrogens is 236 g/mol. The van der Waals surface area contributed by atoms with Crippen molar-refractivity contribution in [2.45, 2.75) is 38.2 Å². The number of ether oxygens (including phenoxy) is 1.